The Morgan fingerprint density at radius 1 is 1.64 bits per heavy atom. The molecule has 11 heavy (non-hydrogen) atoms. The Kier molecular flexibility index (Phi) is 2.23. The van der Waals surface area contributed by atoms with Crippen molar-refractivity contribution in [3.63, 3.8) is 0 Å². The molecule has 1 rings (SSSR count). The fraction of sp³-hybridized carbons (Fsp3) is 0.714. The minimum Gasteiger partial charge on any atom is -0.410 e. The van der Waals surface area contributed by atoms with Crippen molar-refractivity contribution in [3.05, 3.63) is 0 Å². The zero-order valence-corrected chi connectivity index (χ0v) is 7.77. The van der Waals surface area contributed by atoms with Crippen molar-refractivity contribution in [2.24, 2.45) is 10.1 Å². The lowest BCUT2D eigenvalue weighted by Crippen LogP contribution is -2.06. The molecule has 0 unspecified atom stereocenters. The van der Waals surface area contributed by atoms with E-state index in [0.717, 1.165) is 12.1 Å². The van der Waals surface area contributed by atoms with Gasteiger partial charge in [0.1, 0.15) is 4.87 Å². The lowest BCUT2D eigenvalue weighted by atomic mass is 10.3. The van der Waals surface area contributed by atoms with Crippen LogP contribution in [-0.4, -0.2) is 20.8 Å². The van der Waals surface area contributed by atoms with E-state index < -0.39 is 0 Å². The maximum absolute atomic E-state index is 8.59. The van der Waals surface area contributed by atoms with Crippen LogP contribution in [0.15, 0.2) is 10.1 Å². The molecular formula is C7H12N2OS. The maximum atomic E-state index is 8.59. The molecule has 0 aromatic carbocycles. The van der Waals surface area contributed by atoms with Gasteiger partial charge in [-0.1, -0.05) is 23.8 Å². The highest BCUT2D eigenvalue weighted by Gasteiger charge is 2.30. The molecule has 3 nitrogen and oxygen atoms in total. The molecule has 0 aromatic rings. The SMILES string of the molecule is CCC1=NC(C)(C)S/C1=N\O. The number of aliphatic imine (C=N–C) groups is 1. The van der Waals surface area contributed by atoms with Gasteiger partial charge in [0.05, 0.1) is 5.71 Å². The highest BCUT2D eigenvalue weighted by molar-refractivity contribution is 8.17. The van der Waals surface area contributed by atoms with Crippen LogP contribution in [0.1, 0.15) is 27.2 Å². The Balaban J connectivity index is 2.89. The molecule has 0 aliphatic carbocycles. The van der Waals surface area contributed by atoms with E-state index in [2.05, 4.69) is 10.1 Å². The quantitative estimate of drug-likeness (QED) is 0.486. The Labute approximate surface area is 70.6 Å². The molecule has 0 amide bonds. The van der Waals surface area contributed by atoms with Crippen LogP contribution in [0, 0.1) is 0 Å². The Bertz CT molecular complexity index is 220. The molecule has 0 aromatic heterocycles. The minimum atomic E-state index is -0.146. The number of rotatable bonds is 1. The van der Waals surface area contributed by atoms with Crippen molar-refractivity contribution in [1.29, 1.82) is 0 Å². The van der Waals surface area contributed by atoms with Crippen LogP contribution < -0.4 is 0 Å². The Morgan fingerprint density at radius 2 is 2.27 bits per heavy atom. The van der Waals surface area contributed by atoms with Crippen LogP contribution in [0.4, 0.5) is 0 Å². The number of nitrogens with zero attached hydrogens (tertiary/aromatic N) is 2. The second kappa shape index (κ2) is 2.85. The largest absolute Gasteiger partial charge is 0.410 e. The molecule has 4 heteroatoms. The third-order valence-corrected chi connectivity index (χ3v) is 2.52. The zero-order chi connectivity index (χ0) is 8.48. The second-order valence-corrected chi connectivity index (χ2v) is 4.46. The van der Waals surface area contributed by atoms with Crippen LogP contribution in [0.3, 0.4) is 0 Å². The summed E-state index contributed by atoms with van der Waals surface area (Å²) in [6, 6.07) is 0. The van der Waals surface area contributed by atoms with Gasteiger partial charge < -0.3 is 5.21 Å². The molecule has 0 atom stereocenters. The van der Waals surface area contributed by atoms with E-state index in [0.29, 0.717) is 5.04 Å². The van der Waals surface area contributed by atoms with Gasteiger partial charge in [-0.2, -0.15) is 0 Å². The summed E-state index contributed by atoms with van der Waals surface area (Å²) in [5, 5.41) is 12.4. The van der Waals surface area contributed by atoms with Crippen LogP contribution in [-0.2, 0) is 0 Å². The van der Waals surface area contributed by atoms with E-state index in [4.69, 9.17) is 5.21 Å². The molecule has 1 N–H and O–H groups in total. The van der Waals surface area contributed by atoms with Crippen LogP contribution in [0.5, 0.6) is 0 Å². The first-order chi connectivity index (χ1) is 5.09. The summed E-state index contributed by atoms with van der Waals surface area (Å²) in [5.41, 5.74) is 0.905. The lowest BCUT2D eigenvalue weighted by Gasteiger charge is -2.09. The van der Waals surface area contributed by atoms with Gasteiger partial charge >= 0.3 is 0 Å². The summed E-state index contributed by atoms with van der Waals surface area (Å²) < 4.78 is 0. The standard InChI is InChI=1S/C7H12N2OS/c1-4-5-6(9-10)11-7(2,3)8-5/h10H,4H2,1-3H3/b9-6-. The van der Waals surface area contributed by atoms with Gasteiger partial charge in [-0.3, -0.25) is 4.99 Å². The summed E-state index contributed by atoms with van der Waals surface area (Å²) in [6.07, 6.45) is 0.829. The number of hydrogen-bond donors (Lipinski definition) is 1. The van der Waals surface area contributed by atoms with Gasteiger partial charge in [0.15, 0.2) is 5.04 Å². The summed E-state index contributed by atoms with van der Waals surface area (Å²) in [7, 11) is 0. The van der Waals surface area contributed by atoms with Crippen molar-refractivity contribution >= 4 is 22.5 Å². The first kappa shape index (κ1) is 8.59. The van der Waals surface area contributed by atoms with Gasteiger partial charge in [-0.15, -0.1) is 0 Å². The van der Waals surface area contributed by atoms with Gasteiger partial charge in [-0.25, -0.2) is 0 Å². The first-order valence-corrected chi connectivity index (χ1v) is 4.41. The van der Waals surface area contributed by atoms with E-state index in [9.17, 15) is 0 Å². The first-order valence-electron chi connectivity index (χ1n) is 3.59. The van der Waals surface area contributed by atoms with E-state index in [1.54, 1.807) is 0 Å². The van der Waals surface area contributed by atoms with Crippen LogP contribution in [0.2, 0.25) is 0 Å². The van der Waals surface area contributed by atoms with Crippen LogP contribution >= 0.6 is 11.8 Å². The molecule has 0 saturated heterocycles. The number of oxime groups is 1. The molecule has 0 fully saturated rings. The minimum absolute atomic E-state index is 0.146. The summed E-state index contributed by atoms with van der Waals surface area (Å²) >= 11 is 1.50. The topological polar surface area (TPSA) is 45.0 Å². The molecule has 0 spiro atoms. The van der Waals surface area contributed by atoms with E-state index in [-0.39, 0.29) is 4.87 Å². The number of thioether (sulfide) groups is 1. The van der Waals surface area contributed by atoms with Gasteiger partial charge in [0, 0.05) is 0 Å². The van der Waals surface area contributed by atoms with E-state index >= 15 is 0 Å². The monoisotopic (exact) mass is 172 g/mol. The lowest BCUT2D eigenvalue weighted by molar-refractivity contribution is 0.321. The third-order valence-electron chi connectivity index (χ3n) is 1.42. The zero-order valence-electron chi connectivity index (χ0n) is 6.96. The van der Waals surface area contributed by atoms with Gasteiger partial charge in [-0.05, 0) is 20.3 Å². The van der Waals surface area contributed by atoms with Crippen molar-refractivity contribution in [1.82, 2.24) is 0 Å². The summed E-state index contributed by atoms with van der Waals surface area (Å²) in [6.45, 7) is 6.02. The number of hydrogen-bond acceptors (Lipinski definition) is 4. The molecule has 1 aliphatic rings. The van der Waals surface area contributed by atoms with Gasteiger partial charge in [0.25, 0.3) is 0 Å². The molecule has 0 saturated carbocycles. The van der Waals surface area contributed by atoms with Crippen molar-refractivity contribution in [2.75, 3.05) is 0 Å². The molecule has 62 valence electrons. The molecule has 1 heterocycles. The van der Waals surface area contributed by atoms with E-state index in [1.807, 2.05) is 20.8 Å². The highest BCUT2D eigenvalue weighted by Crippen LogP contribution is 2.34. The second-order valence-electron chi connectivity index (χ2n) is 2.87. The van der Waals surface area contributed by atoms with Gasteiger partial charge in [0.2, 0.25) is 0 Å². The normalized spacial score (nSPS) is 25.7. The average Bonchev–Trinajstić information content (AvgIpc) is 2.25. The molecule has 0 bridgehead atoms. The predicted molar refractivity (Wildman–Crippen MR) is 48.6 cm³/mol. The molecule has 0 radical (unpaired) electrons. The van der Waals surface area contributed by atoms with Crippen molar-refractivity contribution < 1.29 is 5.21 Å². The summed E-state index contributed by atoms with van der Waals surface area (Å²) in [5.74, 6) is 0. The fourth-order valence-electron chi connectivity index (χ4n) is 1.000. The predicted octanol–water partition coefficient (Wildman–Crippen LogP) is 2.11. The summed E-state index contributed by atoms with van der Waals surface area (Å²) in [4.78, 5) is 4.23. The molecule has 1 aliphatic heterocycles. The fourth-order valence-corrected chi connectivity index (χ4v) is 1.98. The maximum Gasteiger partial charge on any atom is 0.159 e. The third kappa shape index (κ3) is 1.74. The Hall–Kier alpha value is -0.510. The average molecular weight is 172 g/mol. The van der Waals surface area contributed by atoms with Crippen LogP contribution in [0.25, 0.3) is 0 Å². The van der Waals surface area contributed by atoms with E-state index in [1.165, 1.54) is 11.8 Å². The smallest absolute Gasteiger partial charge is 0.159 e. The van der Waals surface area contributed by atoms with Crippen molar-refractivity contribution in [3.8, 4) is 0 Å². The van der Waals surface area contributed by atoms with Crippen molar-refractivity contribution in [2.45, 2.75) is 32.1 Å². The highest BCUT2D eigenvalue weighted by atomic mass is 32.2. The Morgan fingerprint density at radius 3 is 2.64 bits per heavy atom. The molecular weight excluding hydrogens is 160 g/mol.